The zero-order valence-electron chi connectivity index (χ0n) is 15.3. The van der Waals surface area contributed by atoms with Gasteiger partial charge in [0.25, 0.3) is 0 Å². The second kappa shape index (κ2) is 9.39. The van der Waals surface area contributed by atoms with E-state index < -0.39 is 11.8 Å². The first-order valence-corrected chi connectivity index (χ1v) is 8.78. The first-order valence-electron chi connectivity index (χ1n) is 8.78. The van der Waals surface area contributed by atoms with Crippen molar-refractivity contribution in [1.29, 1.82) is 0 Å². The Morgan fingerprint density at radius 3 is 2.28 bits per heavy atom. The lowest BCUT2D eigenvalue weighted by atomic mass is 10.0. The molecule has 25 heavy (non-hydrogen) atoms. The number of anilines is 1. The molecule has 7 nitrogen and oxygen atoms in total. The van der Waals surface area contributed by atoms with E-state index in [1.807, 2.05) is 14.1 Å². The summed E-state index contributed by atoms with van der Waals surface area (Å²) < 4.78 is 5.45. The number of likely N-dealkylation sites (N-methyl/N-ethyl adjacent to an activating group) is 1. The molecule has 1 fully saturated rings. The molecule has 1 aromatic rings. The van der Waals surface area contributed by atoms with E-state index in [0.29, 0.717) is 26.3 Å². The van der Waals surface area contributed by atoms with E-state index in [-0.39, 0.29) is 6.04 Å². The second-order valence-electron chi connectivity index (χ2n) is 6.38. The van der Waals surface area contributed by atoms with E-state index in [4.69, 9.17) is 4.74 Å². The molecule has 2 amide bonds. The zero-order chi connectivity index (χ0) is 18.2. The Bertz CT molecular complexity index is 568. The molecule has 0 unspecified atom stereocenters. The molecule has 138 valence electrons. The molecule has 7 heteroatoms. The van der Waals surface area contributed by atoms with Gasteiger partial charge < -0.3 is 25.2 Å². The first kappa shape index (κ1) is 19.2. The fraction of sp³-hybridized carbons (Fsp3) is 0.556. The van der Waals surface area contributed by atoms with Crippen LogP contribution in [0.1, 0.15) is 18.5 Å². The number of rotatable bonds is 6. The summed E-state index contributed by atoms with van der Waals surface area (Å²) in [5, 5.41) is 5.30. The van der Waals surface area contributed by atoms with Crippen molar-refractivity contribution >= 4 is 17.5 Å². The van der Waals surface area contributed by atoms with Crippen LogP contribution in [-0.2, 0) is 14.3 Å². The molecular formula is C18H29N4O3+. The molecule has 0 bridgehead atoms. The van der Waals surface area contributed by atoms with Gasteiger partial charge in [-0.25, -0.2) is 0 Å². The smallest absolute Gasteiger partial charge is 0.309 e. The number of morpholine rings is 1. The van der Waals surface area contributed by atoms with Crippen molar-refractivity contribution in [2.45, 2.75) is 13.0 Å². The molecule has 1 saturated heterocycles. The molecule has 0 radical (unpaired) electrons. The largest absolute Gasteiger partial charge is 0.378 e. The standard InChI is InChI=1S/C18H28N4O3/c1-4-19-17(23)18(24)20-13-16(22-9-11-25-12-10-22)14-5-7-15(8-6-14)21(2)3/h5-8,16H,4,9-13H2,1-3H3,(H,19,23)(H,20,24)/p+1/t16-/m1/s1. The lowest BCUT2D eigenvalue weighted by molar-refractivity contribution is -0.937. The number of benzene rings is 1. The molecular weight excluding hydrogens is 320 g/mol. The molecule has 0 saturated carbocycles. The first-order chi connectivity index (χ1) is 12.0. The molecule has 3 N–H and O–H groups in total. The van der Waals surface area contributed by atoms with Gasteiger partial charge in [0.1, 0.15) is 19.1 Å². The van der Waals surface area contributed by atoms with Crippen molar-refractivity contribution in [3.63, 3.8) is 0 Å². The molecule has 1 aromatic carbocycles. The Morgan fingerprint density at radius 1 is 1.12 bits per heavy atom. The summed E-state index contributed by atoms with van der Waals surface area (Å²) in [4.78, 5) is 27.0. The van der Waals surface area contributed by atoms with Crippen LogP contribution in [0.3, 0.4) is 0 Å². The minimum Gasteiger partial charge on any atom is -0.378 e. The number of hydrogen-bond acceptors (Lipinski definition) is 4. The summed E-state index contributed by atoms with van der Waals surface area (Å²) in [5.74, 6) is -1.16. The maximum Gasteiger partial charge on any atom is 0.309 e. The average molecular weight is 349 g/mol. The number of nitrogens with zero attached hydrogens (tertiary/aromatic N) is 1. The molecule has 1 atom stereocenters. The molecule has 2 rings (SSSR count). The fourth-order valence-electron chi connectivity index (χ4n) is 3.00. The maximum atomic E-state index is 11.9. The molecule has 0 spiro atoms. The number of hydrogen-bond donors (Lipinski definition) is 3. The van der Waals surface area contributed by atoms with Gasteiger partial charge in [0, 0.05) is 31.9 Å². The fourth-order valence-corrected chi connectivity index (χ4v) is 3.00. The summed E-state index contributed by atoms with van der Waals surface area (Å²) in [6, 6.07) is 8.45. The summed E-state index contributed by atoms with van der Waals surface area (Å²) in [7, 11) is 4.01. The van der Waals surface area contributed by atoms with Crippen LogP contribution in [0, 0.1) is 0 Å². The molecule has 1 aliphatic rings. The summed E-state index contributed by atoms with van der Waals surface area (Å²) in [6.45, 7) is 5.85. The number of carbonyl (C=O) groups is 2. The lowest BCUT2D eigenvalue weighted by Crippen LogP contribution is -3.15. The molecule has 0 aliphatic carbocycles. The molecule has 0 aromatic heterocycles. The quantitative estimate of drug-likeness (QED) is 0.574. The maximum absolute atomic E-state index is 11.9. The monoisotopic (exact) mass is 349 g/mol. The van der Waals surface area contributed by atoms with E-state index in [2.05, 4.69) is 39.8 Å². The highest BCUT2D eigenvalue weighted by molar-refractivity contribution is 6.35. The van der Waals surface area contributed by atoms with Gasteiger partial charge in [0.2, 0.25) is 0 Å². The van der Waals surface area contributed by atoms with E-state index in [1.54, 1.807) is 6.92 Å². The van der Waals surface area contributed by atoms with Crippen molar-refractivity contribution in [1.82, 2.24) is 10.6 Å². The van der Waals surface area contributed by atoms with E-state index in [1.165, 1.54) is 4.90 Å². The van der Waals surface area contributed by atoms with Crippen LogP contribution in [0.5, 0.6) is 0 Å². The third-order valence-electron chi connectivity index (χ3n) is 4.45. The van der Waals surface area contributed by atoms with Gasteiger partial charge in [-0.1, -0.05) is 12.1 Å². The minimum absolute atomic E-state index is 0.0958. The van der Waals surface area contributed by atoms with E-state index in [0.717, 1.165) is 24.3 Å². The van der Waals surface area contributed by atoms with Crippen LogP contribution in [-0.4, -0.2) is 65.3 Å². The van der Waals surface area contributed by atoms with Crippen molar-refractivity contribution in [3.05, 3.63) is 29.8 Å². The Labute approximate surface area is 149 Å². The van der Waals surface area contributed by atoms with Crippen LogP contribution in [0.25, 0.3) is 0 Å². The van der Waals surface area contributed by atoms with E-state index >= 15 is 0 Å². The van der Waals surface area contributed by atoms with Crippen molar-refractivity contribution in [2.24, 2.45) is 0 Å². The van der Waals surface area contributed by atoms with Gasteiger partial charge in [0.15, 0.2) is 0 Å². The van der Waals surface area contributed by atoms with Crippen molar-refractivity contribution in [3.8, 4) is 0 Å². The zero-order valence-corrected chi connectivity index (χ0v) is 15.3. The highest BCUT2D eigenvalue weighted by Gasteiger charge is 2.27. The highest BCUT2D eigenvalue weighted by atomic mass is 16.5. The molecule has 1 aliphatic heterocycles. The summed E-state index contributed by atoms with van der Waals surface area (Å²) in [5.41, 5.74) is 2.28. The Hall–Kier alpha value is -2.12. The SMILES string of the molecule is CCNC(=O)C(=O)NC[C@H](c1ccc(N(C)C)cc1)[NH+]1CCOCC1. The topological polar surface area (TPSA) is 75.1 Å². The van der Waals surface area contributed by atoms with Crippen LogP contribution in [0.2, 0.25) is 0 Å². The highest BCUT2D eigenvalue weighted by Crippen LogP contribution is 2.16. The molecule has 1 heterocycles. The van der Waals surface area contributed by atoms with Crippen LogP contribution in [0.15, 0.2) is 24.3 Å². The predicted octanol–water partition coefficient (Wildman–Crippen LogP) is -1.04. The number of ether oxygens (including phenoxy) is 1. The lowest BCUT2D eigenvalue weighted by Gasteiger charge is -2.32. The van der Waals surface area contributed by atoms with Crippen LogP contribution < -0.4 is 20.4 Å². The van der Waals surface area contributed by atoms with Crippen molar-refractivity contribution in [2.75, 3.05) is 58.4 Å². The number of quaternary nitrogens is 1. The second-order valence-corrected chi connectivity index (χ2v) is 6.38. The summed E-state index contributed by atoms with van der Waals surface area (Å²) in [6.07, 6.45) is 0. The van der Waals surface area contributed by atoms with Crippen LogP contribution >= 0.6 is 0 Å². The van der Waals surface area contributed by atoms with Crippen molar-refractivity contribution < 1.29 is 19.2 Å². The average Bonchev–Trinajstić information content (AvgIpc) is 2.63. The minimum atomic E-state index is -0.582. The van der Waals surface area contributed by atoms with Gasteiger partial charge >= 0.3 is 11.8 Å². The number of nitrogens with one attached hydrogen (secondary N) is 3. The van der Waals surface area contributed by atoms with Gasteiger partial charge in [-0.2, -0.15) is 0 Å². The predicted molar refractivity (Wildman–Crippen MR) is 96.7 cm³/mol. The number of carbonyl (C=O) groups excluding carboxylic acids is 2. The Morgan fingerprint density at radius 2 is 1.72 bits per heavy atom. The Kier molecular flexibility index (Phi) is 7.21. The number of amides is 2. The normalized spacial score (nSPS) is 16.1. The third-order valence-corrected chi connectivity index (χ3v) is 4.45. The van der Waals surface area contributed by atoms with E-state index in [9.17, 15) is 9.59 Å². The van der Waals surface area contributed by atoms with Gasteiger partial charge in [0.05, 0.1) is 19.8 Å². The third kappa shape index (κ3) is 5.44. The van der Waals surface area contributed by atoms with Gasteiger partial charge in [-0.3, -0.25) is 9.59 Å². The van der Waals surface area contributed by atoms with Crippen LogP contribution in [0.4, 0.5) is 5.69 Å². The Balaban J connectivity index is 2.09. The summed E-state index contributed by atoms with van der Waals surface area (Å²) >= 11 is 0. The van der Waals surface area contributed by atoms with Gasteiger partial charge in [-0.15, -0.1) is 0 Å². The van der Waals surface area contributed by atoms with Gasteiger partial charge in [-0.05, 0) is 19.1 Å².